The Bertz CT molecular complexity index is 629. The Labute approximate surface area is 151 Å². The molecule has 1 saturated heterocycles. The second-order valence-corrected chi connectivity index (χ2v) is 7.96. The topological polar surface area (TPSA) is 81.9 Å². The number of benzene rings is 1. The van der Waals surface area contributed by atoms with Gasteiger partial charge < -0.3 is 15.2 Å². The molecule has 0 aliphatic carbocycles. The second kappa shape index (κ2) is 8.64. The monoisotopic (exact) mass is 428 g/mol. The molecule has 0 saturated carbocycles. The molecule has 0 spiro atoms. The van der Waals surface area contributed by atoms with Crippen LogP contribution in [-0.2, 0) is 14.8 Å². The van der Waals surface area contributed by atoms with E-state index in [2.05, 4.69) is 15.9 Å². The Hall–Kier alpha value is -0.380. The van der Waals surface area contributed by atoms with E-state index in [0.29, 0.717) is 29.6 Å². The smallest absolute Gasteiger partial charge is 0.247 e. The van der Waals surface area contributed by atoms with Crippen LogP contribution < -0.4 is 10.5 Å². The summed E-state index contributed by atoms with van der Waals surface area (Å²) >= 11 is 3.31. The average Bonchev–Trinajstić information content (AvgIpc) is 2.54. The summed E-state index contributed by atoms with van der Waals surface area (Å²) in [6.45, 7) is 0.647. The summed E-state index contributed by atoms with van der Waals surface area (Å²) in [6.07, 6.45) is 1.30. The zero-order valence-corrected chi connectivity index (χ0v) is 16.3. The third-order valence-corrected chi connectivity index (χ3v) is 6.40. The van der Waals surface area contributed by atoms with Gasteiger partial charge in [0, 0.05) is 30.7 Å². The molecule has 1 aromatic rings. The molecule has 23 heavy (non-hydrogen) atoms. The number of methoxy groups -OCH3 is 2. The number of rotatable bonds is 5. The van der Waals surface area contributed by atoms with Gasteiger partial charge in [0.15, 0.2) is 0 Å². The van der Waals surface area contributed by atoms with Crippen molar-refractivity contribution in [3.8, 4) is 5.75 Å². The lowest BCUT2D eigenvalue weighted by Gasteiger charge is -2.37. The molecule has 0 aromatic heterocycles. The minimum atomic E-state index is -3.68. The fraction of sp³-hybridized carbons (Fsp3) is 0.571. The van der Waals surface area contributed by atoms with Crippen molar-refractivity contribution in [1.29, 1.82) is 0 Å². The number of ether oxygens (including phenoxy) is 2. The number of nitrogens with two attached hydrogens (primary N) is 1. The molecule has 1 aromatic carbocycles. The molecule has 2 unspecified atom stereocenters. The van der Waals surface area contributed by atoms with Crippen molar-refractivity contribution in [3.63, 3.8) is 0 Å². The highest BCUT2D eigenvalue weighted by atomic mass is 79.9. The maximum atomic E-state index is 13.0. The lowest BCUT2D eigenvalue weighted by atomic mass is 10.0. The summed E-state index contributed by atoms with van der Waals surface area (Å²) < 4.78 is 38.7. The van der Waals surface area contributed by atoms with Crippen LogP contribution in [0, 0.1) is 0 Å². The highest BCUT2D eigenvalue weighted by Crippen LogP contribution is 2.33. The van der Waals surface area contributed by atoms with Crippen LogP contribution in [0.1, 0.15) is 12.8 Å². The van der Waals surface area contributed by atoms with Crippen LogP contribution in [0.2, 0.25) is 0 Å². The highest BCUT2D eigenvalue weighted by Gasteiger charge is 2.37. The fourth-order valence-corrected chi connectivity index (χ4v) is 5.07. The SMILES string of the molecule is COc1ccc(Br)cc1S(=O)(=O)N1CCC(OC)CC1CN.Cl. The summed E-state index contributed by atoms with van der Waals surface area (Å²) in [5, 5.41) is 0. The van der Waals surface area contributed by atoms with E-state index in [-0.39, 0.29) is 36.0 Å². The molecular weight excluding hydrogens is 408 g/mol. The maximum absolute atomic E-state index is 13.0. The zero-order chi connectivity index (χ0) is 16.3. The first kappa shape index (κ1) is 20.7. The lowest BCUT2D eigenvalue weighted by molar-refractivity contribution is 0.0401. The minimum absolute atomic E-state index is 0. The van der Waals surface area contributed by atoms with Gasteiger partial charge in [-0.1, -0.05) is 15.9 Å². The zero-order valence-electron chi connectivity index (χ0n) is 13.1. The maximum Gasteiger partial charge on any atom is 0.247 e. The van der Waals surface area contributed by atoms with Crippen molar-refractivity contribution >= 4 is 38.4 Å². The minimum Gasteiger partial charge on any atom is -0.495 e. The largest absolute Gasteiger partial charge is 0.495 e. The quantitative estimate of drug-likeness (QED) is 0.774. The van der Waals surface area contributed by atoms with Crippen LogP contribution in [0.25, 0.3) is 0 Å². The molecular formula is C14H22BrClN2O4S. The van der Waals surface area contributed by atoms with Crippen molar-refractivity contribution in [2.75, 3.05) is 27.3 Å². The van der Waals surface area contributed by atoms with Gasteiger partial charge in [-0.25, -0.2) is 8.42 Å². The van der Waals surface area contributed by atoms with Crippen LogP contribution in [-0.4, -0.2) is 52.2 Å². The van der Waals surface area contributed by atoms with E-state index >= 15 is 0 Å². The molecule has 0 bridgehead atoms. The Kier molecular flexibility index (Phi) is 7.76. The second-order valence-electron chi connectivity index (χ2n) is 5.18. The van der Waals surface area contributed by atoms with Gasteiger partial charge in [-0.15, -0.1) is 12.4 Å². The predicted octanol–water partition coefficient (Wildman–Crippen LogP) is 2.01. The van der Waals surface area contributed by atoms with E-state index in [1.165, 1.54) is 11.4 Å². The number of nitrogens with zero attached hydrogens (tertiary/aromatic N) is 1. The van der Waals surface area contributed by atoms with E-state index < -0.39 is 10.0 Å². The van der Waals surface area contributed by atoms with Gasteiger partial charge in [0.1, 0.15) is 10.6 Å². The van der Waals surface area contributed by atoms with Gasteiger partial charge in [0.25, 0.3) is 0 Å². The Morgan fingerprint density at radius 2 is 2.09 bits per heavy atom. The van der Waals surface area contributed by atoms with E-state index in [4.69, 9.17) is 15.2 Å². The molecule has 1 aliphatic heterocycles. The molecule has 2 N–H and O–H groups in total. The van der Waals surface area contributed by atoms with Crippen molar-refractivity contribution in [3.05, 3.63) is 22.7 Å². The third kappa shape index (κ3) is 4.37. The number of piperidine rings is 1. The number of hydrogen-bond acceptors (Lipinski definition) is 5. The molecule has 132 valence electrons. The molecule has 0 amide bonds. The molecule has 2 rings (SSSR count). The first-order valence-electron chi connectivity index (χ1n) is 7.02. The Balaban J connectivity index is 0.00000264. The van der Waals surface area contributed by atoms with Crippen molar-refractivity contribution in [1.82, 2.24) is 4.31 Å². The summed E-state index contributed by atoms with van der Waals surface area (Å²) in [6, 6.07) is 4.67. The van der Waals surface area contributed by atoms with Gasteiger partial charge in [-0.3, -0.25) is 0 Å². The first-order chi connectivity index (χ1) is 10.4. The Morgan fingerprint density at radius 1 is 1.39 bits per heavy atom. The van der Waals surface area contributed by atoms with Crippen LogP contribution in [0.4, 0.5) is 0 Å². The number of halogens is 2. The van der Waals surface area contributed by atoms with E-state index in [1.54, 1.807) is 25.3 Å². The van der Waals surface area contributed by atoms with Crippen LogP contribution in [0.5, 0.6) is 5.75 Å². The van der Waals surface area contributed by atoms with Gasteiger partial charge in [0.2, 0.25) is 10.0 Å². The third-order valence-electron chi connectivity index (χ3n) is 3.93. The normalized spacial score (nSPS) is 22.4. The summed E-state index contributed by atoms with van der Waals surface area (Å²) in [5.74, 6) is 0.327. The standard InChI is InChI=1S/C14H21BrN2O4S.ClH/c1-20-12-5-6-17(11(8-12)9-16)22(18,19)14-7-10(15)3-4-13(14)21-2;/h3-4,7,11-12H,5-6,8-9,16H2,1-2H3;1H. The molecule has 6 nitrogen and oxygen atoms in total. The fourth-order valence-electron chi connectivity index (χ4n) is 2.72. The van der Waals surface area contributed by atoms with E-state index in [9.17, 15) is 8.42 Å². The van der Waals surface area contributed by atoms with Crippen LogP contribution in [0.15, 0.2) is 27.6 Å². The predicted molar refractivity (Wildman–Crippen MR) is 94.7 cm³/mol. The lowest BCUT2D eigenvalue weighted by Crippen LogP contribution is -2.51. The summed E-state index contributed by atoms with van der Waals surface area (Å²) in [5.41, 5.74) is 5.78. The first-order valence-corrected chi connectivity index (χ1v) is 9.25. The molecule has 1 aliphatic rings. The van der Waals surface area contributed by atoms with Gasteiger partial charge in [-0.2, -0.15) is 4.31 Å². The van der Waals surface area contributed by atoms with Gasteiger partial charge in [-0.05, 0) is 31.0 Å². The van der Waals surface area contributed by atoms with Gasteiger partial charge in [0.05, 0.1) is 13.2 Å². The van der Waals surface area contributed by atoms with Crippen LogP contribution in [0.3, 0.4) is 0 Å². The number of hydrogen-bond donors (Lipinski definition) is 1. The van der Waals surface area contributed by atoms with Crippen LogP contribution >= 0.6 is 28.3 Å². The molecule has 0 radical (unpaired) electrons. The van der Waals surface area contributed by atoms with Crippen molar-refractivity contribution in [2.45, 2.75) is 29.9 Å². The molecule has 9 heteroatoms. The van der Waals surface area contributed by atoms with Crippen molar-refractivity contribution < 1.29 is 17.9 Å². The highest BCUT2D eigenvalue weighted by molar-refractivity contribution is 9.10. The average molecular weight is 430 g/mol. The van der Waals surface area contributed by atoms with E-state index in [1.807, 2.05) is 0 Å². The van der Waals surface area contributed by atoms with E-state index in [0.717, 1.165) is 0 Å². The summed E-state index contributed by atoms with van der Waals surface area (Å²) in [7, 11) is -0.581. The molecule has 2 atom stereocenters. The van der Waals surface area contributed by atoms with Gasteiger partial charge >= 0.3 is 0 Å². The molecule has 1 fully saturated rings. The summed E-state index contributed by atoms with van der Waals surface area (Å²) in [4.78, 5) is 0.152. The van der Waals surface area contributed by atoms with Crippen molar-refractivity contribution in [2.24, 2.45) is 5.73 Å². The number of sulfonamides is 1. The molecule has 1 heterocycles. The Morgan fingerprint density at radius 3 is 2.65 bits per heavy atom.